The van der Waals surface area contributed by atoms with Crippen molar-refractivity contribution in [2.75, 3.05) is 44.5 Å². The first-order valence-electron chi connectivity index (χ1n) is 8.74. The van der Waals surface area contributed by atoms with Crippen LogP contribution in [0.3, 0.4) is 0 Å². The minimum atomic E-state index is -3.61. The largest absolute Gasteiger partial charge is 0.383 e. The van der Waals surface area contributed by atoms with Crippen LogP contribution in [0.5, 0.6) is 0 Å². The Morgan fingerprint density at radius 2 is 2.04 bits per heavy atom. The molecule has 1 aliphatic rings. The van der Waals surface area contributed by atoms with Crippen LogP contribution in [-0.2, 0) is 19.6 Å². The first-order valence-corrected chi connectivity index (χ1v) is 10.2. The van der Waals surface area contributed by atoms with Crippen LogP contribution in [-0.4, -0.2) is 48.2 Å². The third kappa shape index (κ3) is 6.05. The molecular formula is C17H29ClN4O4S. The number of hydrogen-bond donors (Lipinski definition) is 4. The number of carbonyl (C=O) groups excluding carboxylic acids is 1. The lowest BCUT2D eigenvalue weighted by molar-refractivity contribution is -0.120. The smallest absolute Gasteiger partial charge is 0.240 e. The zero-order chi connectivity index (χ0) is 19.2. The van der Waals surface area contributed by atoms with E-state index < -0.39 is 10.0 Å². The molecule has 27 heavy (non-hydrogen) atoms. The minimum absolute atomic E-state index is 0. The third-order valence-electron chi connectivity index (χ3n) is 4.75. The number of ether oxygens (including phenoxy) is 1. The third-order valence-corrected chi connectivity index (χ3v) is 6.16. The van der Waals surface area contributed by atoms with Crippen LogP contribution in [0.2, 0.25) is 0 Å². The molecule has 8 nitrogen and oxygen atoms in total. The number of nitrogens with one attached hydrogen (secondary N) is 3. The summed E-state index contributed by atoms with van der Waals surface area (Å²) in [6, 6.07) is 4.60. The first kappa shape index (κ1) is 23.6. The number of nitrogens with two attached hydrogens (primary N) is 1. The molecule has 5 N–H and O–H groups in total. The van der Waals surface area contributed by atoms with Crippen molar-refractivity contribution in [1.82, 2.24) is 4.72 Å². The lowest BCUT2D eigenvalue weighted by Crippen LogP contribution is -2.30. The van der Waals surface area contributed by atoms with Crippen molar-refractivity contribution in [3.63, 3.8) is 0 Å². The summed E-state index contributed by atoms with van der Waals surface area (Å²) in [5.74, 6) is -0.0905. The second-order valence-corrected chi connectivity index (χ2v) is 8.24. The van der Waals surface area contributed by atoms with Crippen LogP contribution in [0, 0.1) is 11.8 Å². The summed E-state index contributed by atoms with van der Waals surface area (Å²) in [6.07, 6.45) is 2.73. The molecule has 1 aliphatic carbocycles. The number of sulfonamides is 1. The first-order chi connectivity index (χ1) is 12.4. The molecular weight excluding hydrogens is 392 g/mol. The van der Waals surface area contributed by atoms with Gasteiger partial charge in [0.15, 0.2) is 0 Å². The Morgan fingerprint density at radius 3 is 2.67 bits per heavy atom. The molecule has 0 unspecified atom stereocenters. The molecule has 0 spiro atoms. The number of halogens is 1. The van der Waals surface area contributed by atoms with Crippen molar-refractivity contribution < 1.29 is 17.9 Å². The molecule has 1 amide bonds. The van der Waals surface area contributed by atoms with Crippen molar-refractivity contribution in [2.45, 2.75) is 24.2 Å². The predicted octanol–water partition coefficient (Wildman–Crippen LogP) is 1.39. The molecule has 0 aromatic heterocycles. The van der Waals surface area contributed by atoms with Crippen molar-refractivity contribution in [3.8, 4) is 0 Å². The summed E-state index contributed by atoms with van der Waals surface area (Å²) >= 11 is 0. The maximum atomic E-state index is 12.7. The lowest BCUT2D eigenvalue weighted by atomic mass is 9.95. The van der Waals surface area contributed by atoms with E-state index in [2.05, 4.69) is 15.4 Å². The molecule has 1 fully saturated rings. The SMILES string of the molecule is CNS(=O)(=O)c1ccc(NCCOC)c(NC(=O)[C@@H]2CCC[C@@H]2CN)c1.Cl. The van der Waals surface area contributed by atoms with Crippen LogP contribution >= 0.6 is 12.4 Å². The Labute approximate surface area is 167 Å². The van der Waals surface area contributed by atoms with Crippen LogP contribution in [0.15, 0.2) is 23.1 Å². The van der Waals surface area contributed by atoms with Gasteiger partial charge in [-0.3, -0.25) is 4.79 Å². The Kier molecular flexibility index (Phi) is 9.48. The van der Waals surface area contributed by atoms with Gasteiger partial charge in [-0.2, -0.15) is 0 Å². The highest BCUT2D eigenvalue weighted by molar-refractivity contribution is 7.89. The Morgan fingerprint density at radius 1 is 1.30 bits per heavy atom. The highest BCUT2D eigenvalue weighted by Crippen LogP contribution is 2.33. The van der Waals surface area contributed by atoms with Gasteiger partial charge in [0.05, 0.1) is 22.9 Å². The van der Waals surface area contributed by atoms with E-state index in [0.29, 0.717) is 31.1 Å². The van der Waals surface area contributed by atoms with Gasteiger partial charge < -0.3 is 21.1 Å². The van der Waals surface area contributed by atoms with Gasteiger partial charge in [0.25, 0.3) is 0 Å². The van der Waals surface area contributed by atoms with E-state index in [0.717, 1.165) is 19.3 Å². The zero-order valence-corrected chi connectivity index (χ0v) is 17.3. The summed E-state index contributed by atoms with van der Waals surface area (Å²) in [4.78, 5) is 12.8. The highest BCUT2D eigenvalue weighted by atomic mass is 35.5. The van der Waals surface area contributed by atoms with Crippen molar-refractivity contribution in [1.29, 1.82) is 0 Å². The van der Waals surface area contributed by atoms with E-state index in [-0.39, 0.29) is 35.0 Å². The van der Waals surface area contributed by atoms with Crippen LogP contribution < -0.4 is 21.1 Å². The van der Waals surface area contributed by atoms with E-state index in [1.807, 2.05) is 0 Å². The van der Waals surface area contributed by atoms with E-state index in [9.17, 15) is 13.2 Å². The molecule has 10 heteroatoms. The topological polar surface area (TPSA) is 123 Å². The molecule has 0 aliphatic heterocycles. The predicted molar refractivity (Wildman–Crippen MR) is 109 cm³/mol. The van der Waals surface area contributed by atoms with Crippen molar-refractivity contribution in [3.05, 3.63) is 18.2 Å². The minimum Gasteiger partial charge on any atom is -0.383 e. The molecule has 0 bridgehead atoms. The fourth-order valence-corrected chi connectivity index (χ4v) is 4.00. The molecule has 2 rings (SSSR count). The van der Waals surface area contributed by atoms with Crippen LogP contribution in [0.1, 0.15) is 19.3 Å². The molecule has 2 atom stereocenters. The van der Waals surface area contributed by atoms with Crippen LogP contribution in [0.4, 0.5) is 11.4 Å². The van der Waals surface area contributed by atoms with E-state index in [1.165, 1.54) is 19.2 Å². The molecule has 1 saturated carbocycles. The number of benzene rings is 1. The number of anilines is 2. The Bertz CT molecular complexity index is 730. The van der Waals surface area contributed by atoms with Gasteiger partial charge in [0.1, 0.15) is 0 Å². The average molecular weight is 421 g/mol. The van der Waals surface area contributed by atoms with Gasteiger partial charge in [-0.1, -0.05) is 6.42 Å². The maximum absolute atomic E-state index is 12.7. The van der Waals surface area contributed by atoms with Gasteiger partial charge in [0, 0.05) is 19.6 Å². The molecule has 0 radical (unpaired) electrons. The van der Waals surface area contributed by atoms with Gasteiger partial charge >= 0.3 is 0 Å². The fraction of sp³-hybridized carbons (Fsp3) is 0.588. The number of hydrogen-bond acceptors (Lipinski definition) is 6. The van der Waals surface area contributed by atoms with Crippen molar-refractivity contribution in [2.24, 2.45) is 17.6 Å². The van der Waals surface area contributed by atoms with Gasteiger partial charge in [0.2, 0.25) is 15.9 Å². The van der Waals surface area contributed by atoms with Gasteiger partial charge in [-0.25, -0.2) is 13.1 Å². The average Bonchev–Trinajstić information content (AvgIpc) is 3.11. The molecule has 154 valence electrons. The Hall–Kier alpha value is -1.39. The molecule has 1 aromatic carbocycles. The highest BCUT2D eigenvalue weighted by Gasteiger charge is 2.32. The molecule has 0 saturated heterocycles. The summed E-state index contributed by atoms with van der Waals surface area (Å²) in [5.41, 5.74) is 6.85. The van der Waals surface area contributed by atoms with E-state index in [1.54, 1.807) is 13.2 Å². The van der Waals surface area contributed by atoms with Crippen molar-refractivity contribution >= 4 is 39.7 Å². The molecule has 1 aromatic rings. The number of rotatable bonds is 9. The summed E-state index contributed by atoms with van der Waals surface area (Å²) < 4.78 is 31.5. The number of methoxy groups -OCH3 is 1. The van der Waals surface area contributed by atoms with Gasteiger partial charge in [-0.05, 0) is 50.6 Å². The normalized spacial score (nSPS) is 19.4. The Balaban J connectivity index is 0.00000364. The van der Waals surface area contributed by atoms with Crippen LogP contribution in [0.25, 0.3) is 0 Å². The fourth-order valence-electron chi connectivity index (χ4n) is 3.24. The quantitative estimate of drug-likeness (QED) is 0.448. The number of amides is 1. The summed E-state index contributed by atoms with van der Waals surface area (Å²) in [6.45, 7) is 1.50. The molecule has 0 heterocycles. The summed E-state index contributed by atoms with van der Waals surface area (Å²) in [5, 5.41) is 6.04. The maximum Gasteiger partial charge on any atom is 0.240 e. The summed E-state index contributed by atoms with van der Waals surface area (Å²) in [7, 11) is -0.659. The lowest BCUT2D eigenvalue weighted by Gasteiger charge is -2.20. The van der Waals surface area contributed by atoms with Gasteiger partial charge in [-0.15, -0.1) is 12.4 Å². The monoisotopic (exact) mass is 420 g/mol. The second-order valence-electron chi connectivity index (χ2n) is 6.36. The second kappa shape index (κ2) is 10.8. The standard InChI is InChI=1S/C17H28N4O4S.ClH/c1-19-26(23,24)13-6-7-15(20-8-9-25-2)16(10-13)21-17(22)14-5-3-4-12(14)11-18;/h6-7,10,12,14,19-20H,3-5,8-9,11,18H2,1-2H3,(H,21,22);1H/t12-,14-;/m1./s1. The van der Waals surface area contributed by atoms with E-state index >= 15 is 0 Å². The number of carbonyl (C=O) groups is 1. The van der Waals surface area contributed by atoms with E-state index in [4.69, 9.17) is 10.5 Å². The zero-order valence-electron chi connectivity index (χ0n) is 15.7.